The lowest BCUT2D eigenvalue weighted by Crippen LogP contribution is -2.36. The van der Waals surface area contributed by atoms with Crippen LogP contribution in [-0.4, -0.2) is 17.8 Å². The lowest BCUT2D eigenvalue weighted by atomic mass is 10.0. The van der Waals surface area contributed by atoms with E-state index in [4.69, 9.17) is 0 Å². The first-order valence-corrected chi connectivity index (χ1v) is 5.95. The molecule has 2 heteroatoms. The van der Waals surface area contributed by atoms with E-state index in [1.54, 1.807) is 0 Å². The molecule has 1 aromatic rings. The van der Waals surface area contributed by atoms with Gasteiger partial charge in [-0.1, -0.05) is 37.6 Å². The standard InChI is InChI=1S/C14H23NO/c1-10(2)14(9-16)15-8-13-7-11(3)5-6-12(13)4/h5-7,10,14-16H,8-9H2,1-4H3/t14-/m1/s1. The average molecular weight is 221 g/mol. The van der Waals surface area contributed by atoms with Crippen LogP contribution in [-0.2, 0) is 6.54 Å². The molecule has 16 heavy (non-hydrogen) atoms. The van der Waals surface area contributed by atoms with Crippen LogP contribution in [0.5, 0.6) is 0 Å². The van der Waals surface area contributed by atoms with Crippen LogP contribution in [0.1, 0.15) is 30.5 Å². The summed E-state index contributed by atoms with van der Waals surface area (Å²) in [6.07, 6.45) is 0. The predicted octanol–water partition coefficient (Wildman–Crippen LogP) is 2.41. The molecule has 0 amide bonds. The Labute approximate surface area is 98.7 Å². The molecule has 0 aliphatic carbocycles. The second-order valence-electron chi connectivity index (χ2n) is 4.84. The maximum absolute atomic E-state index is 9.24. The van der Waals surface area contributed by atoms with Crippen molar-refractivity contribution in [2.45, 2.75) is 40.3 Å². The number of hydrogen-bond acceptors (Lipinski definition) is 2. The Bertz CT molecular complexity index is 334. The smallest absolute Gasteiger partial charge is 0.0587 e. The number of hydrogen-bond donors (Lipinski definition) is 2. The minimum atomic E-state index is 0.180. The molecule has 0 bridgehead atoms. The number of benzene rings is 1. The van der Waals surface area contributed by atoms with Crippen molar-refractivity contribution in [2.75, 3.05) is 6.61 Å². The Hall–Kier alpha value is -0.860. The fraction of sp³-hybridized carbons (Fsp3) is 0.571. The van der Waals surface area contributed by atoms with Crippen LogP contribution in [0.4, 0.5) is 0 Å². The van der Waals surface area contributed by atoms with E-state index in [-0.39, 0.29) is 12.6 Å². The van der Waals surface area contributed by atoms with Gasteiger partial charge < -0.3 is 10.4 Å². The molecule has 0 aliphatic rings. The first kappa shape index (κ1) is 13.2. The highest BCUT2D eigenvalue weighted by Gasteiger charge is 2.11. The third kappa shape index (κ3) is 3.62. The summed E-state index contributed by atoms with van der Waals surface area (Å²) < 4.78 is 0. The maximum atomic E-state index is 9.24. The summed E-state index contributed by atoms with van der Waals surface area (Å²) in [6, 6.07) is 6.66. The van der Waals surface area contributed by atoms with Gasteiger partial charge >= 0.3 is 0 Å². The predicted molar refractivity (Wildman–Crippen MR) is 68.5 cm³/mol. The maximum Gasteiger partial charge on any atom is 0.0587 e. The van der Waals surface area contributed by atoms with Crippen LogP contribution >= 0.6 is 0 Å². The Morgan fingerprint density at radius 2 is 1.94 bits per heavy atom. The summed E-state index contributed by atoms with van der Waals surface area (Å²) in [4.78, 5) is 0. The molecule has 90 valence electrons. The van der Waals surface area contributed by atoms with Gasteiger partial charge in [-0.2, -0.15) is 0 Å². The molecular formula is C14H23NO. The third-order valence-electron chi connectivity index (χ3n) is 3.06. The van der Waals surface area contributed by atoms with Crippen molar-refractivity contribution in [3.05, 3.63) is 34.9 Å². The van der Waals surface area contributed by atoms with Crippen molar-refractivity contribution in [3.63, 3.8) is 0 Å². The molecule has 0 radical (unpaired) electrons. The van der Waals surface area contributed by atoms with Gasteiger partial charge in [0.25, 0.3) is 0 Å². The van der Waals surface area contributed by atoms with Crippen LogP contribution in [0.15, 0.2) is 18.2 Å². The van der Waals surface area contributed by atoms with Crippen LogP contribution in [0.25, 0.3) is 0 Å². The molecule has 0 heterocycles. The minimum Gasteiger partial charge on any atom is -0.395 e. The van der Waals surface area contributed by atoms with E-state index in [1.165, 1.54) is 16.7 Å². The fourth-order valence-corrected chi connectivity index (χ4v) is 1.74. The van der Waals surface area contributed by atoms with Gasteiger partial charge in [0.2, 0.25) is 0 Å². The summed E-state index contributed by atoms with van der Waals surface area (Å²) in [7, 11) is 0. The number of aliphatic hydroxyl groups excluding tert-OH is 1. The second-order valence-corrected chi connectivity index (χ2v) is 4.84. The van der Waals surface area contributed by atoms with Gasteiger partial charge in [0.05, 0.1) is 6.61 Å². The lowest BCUT2D eigenvalue weighted by molar-refractivity contribution is 0.210. The first-order valence-electron chi connectivity index (χ1n) is 5.95. The third-order valence-corrected chi connectivity index (χ3v) is 3.06. The van der Waals surface area contributed by atoms with E-state index in [9.17, 15) is 5.11 Å². The zero-order valence-electron chi connectivity index (χ0n) is 10.7. The van der Waals surface area contributed by atoms with Gasteiger partial charge in [-0.25, -0.2) is 0 Å². The molecule has 0 unspecified atom stereocenters. The van der Waals surface area contributed by atoms with Crippen molar-refractivity contribution in [1.29, 1.82) is 0 Å². The molecule has 0 saturated carbocycles. The summed E-state index contributed by atoms with van der Waals surface area (Å²) in [5.74, 6) is 0.454. The van der Waals surface area contributed by atoms with E-state index in [1.807, 2.05) is 0 Å². The Kier molecular flexibility index (Phi) is 4.97. The van der Waals surface area contributed by atoms with E-state index in [0.29, 0.717) is 5.92 Å². The Morgan fingerprint density at radius 3 is 2.50 bits per heavy atom. The highest BCUT2D eigenvalue weighted by molar-refractivity contribution is 5.30. The quantitative estimate of drug-likeness (QED) is 0.800. The topological polar surface area (TPSA) is 32.3 Å². The lowest BCUT2D eigenvalue weighted by Gasteiger charge is -2.20. The van der Waals surface area contributed by atoms with Crippen molar-refractivity contribution in [1.82, 2.24) is 5.32 Å². The molecule has 0 aliphatic heterocycles. The molecule has 0 fully saturated rings. The van der Waals surface area contributed by atoms with Gasteiger partial charge in [0.15, 0.2) is 0 Å². The molecule has 0 spiro atoms. The van der Waals surface area contributed by atoms with Gasteiger partial charge in [-0.15, -0.1) is 0 Å². The van der Waals surface area contributed by atoms with Gasteiger partial charge in [-0.3, -0.25) is 0 Å². The molecule has 1 rings (SSSR count). The van der Waals surface area contributed by atoms with Crippen molar-refractivity contribution < 1.29 is 5.11 Å². The molecule has 0 saturated heterocycles. The first-order chi connectivity index (χ1) is 7.54. The van der Waals surface area contributed by atoms with E-state index >= 15 is 0 Å². The van der Waals surface area contributed by atoms with Crippen molar-refractivity contribution in [3.8, 4) is 0 Å². The Morgan fingerprint density at radius 1 is 1.25 bits per heavy atom. The normalized spacial score (nSPS) is 13.1. The SMILES string of the molecule is Cc1ccc(C)c(CN[C@H](CO)C(C)C)c1. The monoisotopic (exact) mass is 221 g/mol. The minimum absolute atomic E-state index is 0.180. The van der Waals surface area contributed by atoms with Gasteiger partial charge in [0, 0.05) is 12.6 Å². The molecule has 1 atom stereocenters. The second kappa shape index (κ2) is 6.02. The summed E-state index contributed by atoms with van der Waals surface area (Å²) in [5.41, 5.74) is 3.91. The molecular weight excluding hydrogens is 198 g/mol. The van der Waals surface area contributed by atoms with Crippen molar-refractivity contribution in [2.24, 2.45) is 5.92 Å². The summed E-state index contributed by atoms with van der Waals surface area (Å²) in [6.45, 7) is 9.50. The zero-order chi connectivity index (χ0) is 12.1. The molecule has 0 aromatic heterocycles. The van der Waals surface area contributed by atoms with Gasteiger partial charge in [-0.05, 0) is 30.9 Å². The number of rotatable bonds is 5. The Balaban J connectivity index is 2.63. The van der Waals surface area contributed by atoms with Crippen LogP contribution in [0.3, 0.4) is 0 Å². The van der Waals surface area contributed by atoms with Crippen LogP contribution < -0.4 is 5.32 Å². The largest absolute Gasteiger partial charge is 0.395 e. The van der Waals surface area contributed by atoms with E-state index in [0.717, 1.165) is 6.54 Å². The zero-order valence-corrected chi connectivity index (χ0v) is 10.7. The van der Waals surface area contributed by atoms with Gasteiger partial charge in [0.1, 0.15) is 0 Å². The number of aliphatic hydroxyl groups is 1. The average Bonchev–Trinajstić information content (AvgIpc) is 2.23. The number of aryl methyl sites for hydroxylation is 2. The highest BCUT2D eigenvalue weighted by atomic mass is 16.3. The molecule has 1 aromatic carbocycles. The van der Waals surface area contributed by atoms with E-state index < -0.39 is 0 Å². The molecule has 2 nitrogen and oxygen atoms in total. The fourth-order valence-electron chi connectivity index (χ4n) is 1.74. The van der Waals surface area contributed by atoms with Crippen molar-refractivity contribution >= 4 is 0 Å². The highest BCUT2D eigenvalue weighted by Crippen LogP contribution is 2.11. The number of nitrogens with one attached hydrogen (secondary N) is 1. The summed E-state index contributed by atoms with van der Waals surface area (Å²) in [5, 5.41) is 12.6. The molecule has 2 N–H and O–H groups in total. The summed E-state index contributed by atoms with van der Waals surface area (Å²) >= 11 is 0. The van der Waals surface area contributed by atoms with Crippen LogP contribution in [0, 0.1) is 19.8 Å². The van der Waals surface area contributed by atoms with Crippen LogP contribution in [0.2, 0.25) is 0 Å². The van der Waals surface area contributed by atoms with E-state index in [2.05, 4.69) is 51.2 Å².